The Labute approximate surface area is 182 Å². The van der Waals surface area contributed by atoms with E-state index in [0.29, 0.717) is 6.42 Å². The molecule has 0 aliphatic carbocycles. The topological polar surface area (TPSA) is 24.7 Å². The minimum atomic E-state index is -0.729. The van der Waals surface area contributed by atoms with Crippen LogP contribution < -0.4 is 0 Å². The molecule has 3 heteroatoms. The average Bonchev–Trinajstić information content (AvgIpc) is 2.59. The van der Waals surface area contributed by atoms with Crippen LogP contribution in [-0.4, -0.2) is 11.0 Å². The van der Waals surface area contributed by atoms with E-state index in [4.69, 9.17) is 11.6 Å². The number of benzene rings is 2. The van der Waals surface area contributed by atoms with E-state index in [1.165, 1.54) is 22.3 Å². The first kappa shape index (κ1) is 23.6. The van der Waals surface area contributed by atoms with Crippen LogP contribution in [0.3, 0.4) is 0 Å². The normalized spacial score (nSPS) is 16.0. The first-order valence-corrected chi connectivity index (χ1v) is 10.9. The summed E-state index contributed by atoms with van der Waals surface area (Å²) in [6, 6.07) is 17.6. The van der Waals surface area contributed by atoms with Gasteiger partial charge in [-0.25, -0.2) is 0 Å². The Kier molecular flexibility index (Phi) is 7.32. The van der Waals surface area contributed by atoms with Crippen molar-refractivity contribution in [3.8, 4) is 0 Å². The fraction of sp³-hybridized carbons (Fsp3) is 0.538. The summed E-state index contributed by atoms with van der Waals surface area (Å²) in [4.78, 5) is -0.729. The van der Waals surface area contributed by atoms with Gasteiger partial charge in [-0.15, -0.1) is 0 Å². The number of nitrogens with zero attached hydrogens (tertiary/aromatic N) is 2. The predicted octanol–water partition coefficient (Wildman–Crippen LogP) is 7.86. The smallest absolute Gasteiger partial charge is 0.155 e. The molecule has 2 atom stereocenters. The summed E-state index contributed by atoms with van der Waals surface area (Å²) in [5, 5.41) is 8.97. The summed E-state index contributed by atoms with van der Waals surface area (Å²) in [5.41, 5.74) is 5.46. The maximum atomic E-state index is 6.66. The highest BCUT2D eigenvalue weighted by Crippen LogP contribution is 2.27. The van der Waals surface area contributed by atoms with Crippen LogP contribution in [0.4, 0.5) is 0 Å². The van der Waals surface area contributed by atoms with Crippen LogP contribution in [0.1, 0.15) is 77.6 Å². The molecule has 0 saturated carbocycles. The Balaban J connectivity index is 1.96. The summed E-state index contributed by atoms with van der Waals surface area (Å²) in [6.45, 7) is 17.4. The lowest BCUT2D eigenvalue weighted by Crippen LogP contribution is -2.18. The van der Waals surface area contributed by atoms with Gasteiger partial charge in [0.05, 0.1) is 6.04 Å². The van der Waals surface area contributed by atoms with E-state index in [1.54, 1.807) is 0 Å². The van der Waals surface area contributed by atoms with Crippen LogP contribution in [0.2, 0.25) is 0 Å². The summed E-state index contributed by atoms with van der Waals surface area (Å²) in [6.07, 6.45) is 1.52. The van der Waals surface area contributed by atoms with Crippen LogP contribution in [0.5, 0.6) is 0 Å². The quantitative estimate of drug-likeness (QED) is 0.262. The molecule has 2 nitrogen and oxygen atoms in total. The lowest BCUT2D eigenvalue weighted by atomic mass is 9.86. The molecule has 158 valence electrons. The molecule has 0 spiro atoms. The molecule has 0 bridgehead atoms. The summed E-state index contributed by atoms with van der Waals surface area (Å²) in [5.74, 6) is 0. The maximum absolute atomic E-state index is 6.66. The highest BCUT2D eigenvalue weighted by atomic mass is 35.5. The zero-order chi connectivity index (χ0) is 21.9. The standard InChI is InChI=1S/C26H37ClN2/c1-19(17-20-9-13-22(14-10-20)24(2,3)4)28-29-26(8,27)18-21-11-15-23(16-12-21)25(5,6)7/h9-16,19H,17-18H2,1-8H3/b29-28+. The Morgan fingerprint density at radius 2 is 1.14 bits per heavy atom. The Bertz CT molecular complexity index is 804. The van der Waals surface area contributed by atoms with Gasteiger partial charge in [0.1, 0.15) is 0 Å². The van der Waals surface area contributed by atoms with Gasteiger partial charge in [-0.3, -0.25) is 0 Å². The van der Waals surface area contributed by atoms with Crippen molar-refractivity contribution >= 4 is 11.6 Å². The monoisotopic (exact) mass is 412 g/mol. The van der Waals surface area contributed by atoms with Gasteiger partial charge in [0.2, 0.25) is 0 Å². The SMILES string of the molecule is CC(Cc1ccc(C(C)(C)C)cc1)/N=N/C(C)(Cl)Cc1ccc(C(C)(C)C)cc1. The van der Waals surface area contributed by atoms with Gasteiger partial charge in [-0.1, -0.05) is 102 Å². The van der Waals surface area contributed by atoms with Crippen molar-refractivity contribution in [1.82, 2.24) is 0 Å². The fourth-order valence-electron chi connectivity index (χ4n) is 3.27. The summed E-state index contributed by atoms with van der Waals surface area (Å²) in [7, 11) is 0. The van der Waals surface area contributed by atoms with Gasteiger partial charge in [-0.2, -0.15) is 10.2 Å². The second-order valence-corrected chi connectivity index (χ2v) is 11.3. The third kappa shape index (κ3) is 7.59. The number of hydrogen-bond acceptors (Lipinski definition) is 2. The molecule has 0 aliphatic rings. The first-order chi connectivity index (χ1) is 13.3. The molecule has 0 heterocycles. The number of rotatable bonds is 6. The van der Waals surface area contributed by atoms with Crippen LogP contribution in [-0.2, 0) is 23.7 Å². The highest BCUT2D eigenvalue weighted by molar-refractivity contribution is 6.23. The molecular formula is C26H37ClN2. The lowest BCUT2D eigenvalue weighted by Gasteiger charge is -2.21. The molecule has 0 aliphatic heterocycles. The van der Waals surface area contributed by atoms with E-state index in [2.05, 4.69) is 107 Å². The van der Waals surface area contributed by atoms with E-state index in [1.807, 2.05) is 6.92 Å². The second-order valence-electron chi connectivity index (χ2n) is 10.5. The van der Waals surface area contributed by atoms with Crippen LogP contribution in [0, 0.1) is 0 Å². The Morgan fingerprint density at radius 3 is 1.55 bits per heavy atom. The number of alkyl halides is 1. The van der Waals surface area contributed by atoms with Gasteiger partial charge in [0.25, 0.3) is 0 Å². The van der Waals surface area contributed by atoms with Gasteiger partial charge < -0.3 is 0 Å². The van der Waals surface area contributed by atoms with Gasteiger partial charge >= 0.3 is 0 Å². The van der Waals surface area contributed by atoms with Crippen molar-refractivity contribution in [1.29, 1.82) is 0 Å². The van der Waals surface area contributed by atoms with Crippen LogP contribution in [0.15, 0.2) is 58.8 Å². The number of halogens is 1. The first-order valence-electron chi connectivity index (χ1n) is 10.6. The number of hydrogen-bond donors (Lipinski definition) is 0. The maximum Gasteiger partial charge on any atom is 0.155 e. The van der Waals surface area contributed by atoms with E-state index < -0.39 is 5.00 Å². The van der Waals surface area contributed by atoms with Crippen molar-refractivity contribution in [2.45, 2.75) is 90.1 Å². The highest BCUT2D eigenvalue weighted by Gasteiger charge is 2.22. The van der Waals surface area contributed by atoms with E-state index in [0.717, 1.165) is 6.42 Å². The summed E-state index contributed by atoms with van der Waals surface area (Å²) >= 11 is 6.66. The van der Waals surface area contributed by atoms with Gasteiger partial charge in [-0.05, 0) is 53.4 Å². The number of azo groups is 1. The third-order valence-corrected chi connectivity index (χ3v) is 5.37. The minimum absolute atomic E-state index is 0.0943. The third-order valence-electron chi connectivity index (χ3n) is 5.16. The molecule has 0 saturated heterocycles. The van der Waals surface area contributed by atoms with E-state index in [9.17, 15) is 0 Å². The molecule has 0 radical (unpaired) electrons. The molecule has 0 fully saturated rings. The van der Waals surface area contributed by atoms with Crippen LogP contribution in [0.25, 0.3) is 0 Å². The zero-order valence-electron chi connectivity index (χ0n) is 19.4. The van der Waals surface area contributed by atoms with Crippen molar-refractivity contribution in [3.05, 3.63) is 70.8 Å². The van der Waals surface area contributed by atoms with Crippen molar-refractivity contribution in [2.24, 2.45) is 10.2 Å². The molecule has 0 amide bonds. The second kappa shape index (κ2) is 9.00. The predicted molar refractivity (Wildman–Crippen MR) is 126 cm³/mol. The molecule has 2 aromatic rings. The minimum Gasteiger partial charge on any atom is -0.189 e. The molecular weight excluding hydrogens is 376 g/mol. The van der Waals surface area contributed by atoms with Crippen molar-refractivity contribution in [3.63, 3.8) is 0 Å². The zero-order valence-corrected chi connectivity index (χ0v) is 20.1. The van der Waals surface area contributed by atoms with Gasteiger partial charge in [0, 0.05) is 6.42 Å². The molecule has 0 N–H and O–H groups in total. The molecule has 0 aromatic heterocycles. The molecule has 2 rings (SSSR count). The van der Waals surface area contributed by atoms with Crippen LogP contribution >= 0.6 is 11.6 Å². The van der Waals surface area contributed by atoms with Crippen molar-refractivity contribution in [2.75, 3.05) is 0 Å². The Morgan fingerprint density at radius 1 is 0.724 bits per heavy atom. The fourth-order valence-corrected chi connectivity index (χ4v) is 3.47. The Hall–Kier alpha value is -1.67. The van der Waals surface area contributed by atoms with Gasteiger partial charge in [0.15, 0.2) is 5.00 Å². The average molecular weight is 413 g/mol. The molecule has 29 heavy (non-hydrogen) atoms. The van der Waals surface area contributed by atoms with E-state index >= 15 is 0 Å². The molecule has 2 aromatic carbocycles. The largest absolute Gasteiger partial charge is 0.189 e. The van der Waals surface area contributed by atoms with Crippen molar-refractivity contribution < 1.29 is 0 Å². The lowest BCUT2D eigenvalue weighted by molar-refractivity contribution is 0.567. The molecule has 2 unspecified atom stereocenters. The van der Waals surface area contributed by atoms with E-state index in [-0.39, 0.29) is 16.9 Å². The summed E-state index contributed by atoms with van der Waals surface area (Å²) < 4.78 is 0.